The van der Waals surface area contributed by atoms with Crippen LogP contribution in [0.4, 0.5) is 5.69 Å². The number of anilines is 1. The summed E-state index contributed by atoms with van der Waals surface area (Å²) in [7, 11) is 0. The molecule has 0 radical (unpaired) electrons. The number of thiazole rings is 1. The molecule has 0 saturated carbocycles. The van der Waals surface area contributed by atoms with Gasteiger partial charge in [-0.3, -0.25) is 4.79 Å². The van der Waals surface area contributed by atoms with Crippen molar-refractivity contribution in [3.8, 4) is 21.8 Å². The van der Waals surface area contributed by atoms with E-state index in [1.165, 1.54) is 11.3 Å². The average molecular weight is 395 g/mol. The van der Waals surface area contributed by atoms with E-state index in [1.807, 2.05) is 41.8 Å². The molecule has 4 rings (SSSR count). The van der Waals surface area contributed by atoms with E-state index in [4.69, 9.17) is 15.5 Å². The molecule has 0 unspecified atom stereocenters. The number of aliphatic hydroxyl groups excluding tert-OH is 1. The fourth-order valence-electron chi connectivity index (χ4n) is 3.37. The first-order valence-electron chi connectivity index (χ1n) is 9.09. The number of aliphatic hydroxyl groups is 1. The van der Waals surface area contributed by atoms with Crippen LogP contribution in [0.3, 0.4) is 0 Å². The highest BCUT2D eigenvalue weighted by molar-refractivity contribution is 7.13. The molecule has 3 aromatic rings. The summed E-state index contributed by atoms with van der Waals surface area (Å²) in [5.74, 6) is -0.476. The zero-order chi connectivity index (χ0) is 19.5. The zero-order valence-corrected chi connectivity index (χ0v) is 16.1. The van der Waals surface area contributed by atoms with Crippen molar-refractivity contribution in [2.24, 2.45) is 5.73 Å². The Morgan fingerprint density at radius 1 is 1.18 bits per heavy atom. The summed E-state index contributed by atoms with van der Waals surface area (Å²) in [5.41, 5.74) is 10.3. The minimum absolute atomic E-state index is 0.0535. The molecule has 1 aromatic heterocycles. The van der Waals surface area contributed by atoms with Crippen LogP contribution in [-0.4, -0.2) is 42.3 Å². The molecule has 28 heavy (non-hydrogen) atoms. The predicted octanol–water partition coefficient (Wildman–Crippen LogP) is 2.90. The minimum Gasteiger partial charge on any atom is -0.392 e. The maximum Gasteiger partial charge on any atom is 0.249 e. The third-order valence-electron chi connectivity index (χ3n) is 4.84. The predicted molar refractivity (Wildman–Crippen MR) is 110 cm³/mol. The van der Waals surface area contributed by atoms with Gasteiger partial charge in [-0.1, -0.05) is 24.3 Å². The SMILES string of the molecule is NC(=O)c1ccc(N2CCOCC2)cc1-c1nc(-c2ccccc2CO)cs1. The lowest BCUT2D eigenvalue weighted by atomic mass is 10.0. The smallest absolute Gasteiger partial charge is 0.249 e. The van der Waals surface area contributed by atoms with Crippen molar-refractivity contribution >= 4 is 22.9 Å². The van der Waals surface area contributed by atoms with Crippen LogP contribution in [0.2, 0.25) is 0 Å². The van der Waals surface area contributed by atoms with Crippen molar-refractivity contribution in [2.75, 3.05) is 31.2 Å². The van der Waals surface area contributed by atoms with Gasteiger partial charge < -0.3 is 20.5 Å². The zero-order valence-electron chi connectivity index (χ0n) is 15.3. The third kappa shape index (κ3) is 3.64. The number of hydrogen-bond acceptors (Lipinski definition) is 6. The Labute approximate surface area is 167 Å². The molecular weight excluding hydrogens is 374 g/mol. The van der Waals surface area contributed by atoms with E-state index < -0.39 is 5.91 Å². The number of rotatable bonds is 5. The number of carbonyl (C=O) groups excluding carboxylic acids is 1. The van der Waals surface area contributed by atoms with Crippen molar-refractivity contribution in [2.45, 2.75) is 6.61 Å². The van der Waals surface area contributed by atoms with Crippen LogP contribution in [-0.2, 0) is 11.3 Å². The van der Waals surface area contributed by atoms with Crippen molar-refractivity contribution in [1.82, 2.24) is 4.98 Å². The number of morpholine rings is 1. The van der Waals surface area contributed by atoms with E-state index in [9.17, 15) is 9.90 Å². The van der Waals surface area contributed by atoms with Gasteiger partial charge in [0.1, 0.15) is 5.01 Å². The molecular formula is C21H21N3O3S. The molecule has 1 saturated heterocycles. The molecule has 3 N–H and O–H groups in total. The lowest BCUT2D eigenvalue weighted by Crippen LogP contribution is -2.36. The quantitative estimate of drug-likeness (QED) is 0.693. The van der Waals surface area contributed by atoms with Gasteiger partial charge in [0.2, 0.25) is 5.91 Å². The van der Waals surface area contributed by atoms with Crippen molar-refractivity contribution in [3.63, 3.8) is 0 Å². The van der Waals surface area contributed by atoms with Gasteiger partial charge in [-0.2, -0.15) is 0 Å². The molecule has 0 aliphatic carbocycles. The molecule has 6 nitrogen and oxygen atoms in total. The van der Waals surface area contributed by atoms with Gasteiger partial charge in [-0.25, -0.2) is 4.98 Å². The molecule has 1 amide bonds. The van der Waals surface area contributed by atoms with Crippen LogP contribution in [0.15, 0.2) is 47.8 Å². The van der Waals surface area contributed by atoms with Crippen LogP contribution in [0.1, 0.15) is 15.9 Å². The number of nitrogens with two attached hydrogens (primary N) is 1. The molecule has 0 bridgehead atoms. The number of hydrogen-bond donors (Lipinski definition) is 2. The van der Waals surface area contributed by atoms with Crippen LogP contribution in [0, 0.1) is 0 Å². The minimum atomic E-state index is -0.476. The Kier molecular flexibility index (Phi) is 5.38. The Balaban J connectivity index is 1.75. The van der Waals surface area contributed by atoms with Gasteiger partial charge in [-0.05, 0) is 23.8 Å². The number of ether oxygens (including phenoxy) is 1. The normalized spacial score (nSPS) is 14.2. The molecule has 7 heteroatoms. The summed E-state index contributed by atoms with van der Waals surface area (Å²) in [5, 5.41) is 12.3. The Bertz CT molecular complexity index is 996. The molecule has 0 atom stereocenters. The fourth-order valence-corrected chi connectivity index (χ4v) is 4.22. The van der Waals surface area contributed by atoms with E-state index in [0.29, 0.717) is 18.8 Å². The second-order valence-electron chi connectivity index (χ2n) is 6.55. The first kappa shape index (κ1) is 18.6. The van der Waals surface area contributed by atoms with Crippen molar-refractivity contribution < 1.29 is 14.6 Å². The molecule has 2 aromatic carbocycles. The number of carbonyl (C=O) groups is 1. The topological polar surface area (TPSA) is 88.7 Å². The van der Waals surface area contributed by atoms with E-state index in [1.54, 1.807) is 6.07 Å². The Hall–Kier alpha value is -2.74. The Morgan fingerprint density at radius 3 is 2.71 bits per heavy atom. The average Bonchev–Trinajstić information content (AvgIpc) is 3.24. The number of primary amides is 1. The number of amides is 1. The van der Waals surface area contributed by atoms with Crippen molar-refractivity contribution in [1.29, 1.82) is 0 Å². The van der Waals surface area contributed by atoms with Gasteiger partial charge in [0.15, 0.2) is 0 Å². The van der Waals surface area contributed by atoms with Gasteiger partial charge in [0, 0.05) is 40.8 Å². The van der Waals surface area contributed by atoms with Gasteiger partial charge in [-0.15, -0.1) is 11.3 Å². The van der Waals surface area contributed by atoms with Crippen LogP contribution in [0.5, 0.6) is 0 Å². The van der Waals surface area contributed by atoms with E-state index >= 15 is 0 Å². The van der Waals surface area contributed by atoms with Gasteiger partial charge in [0.05, 0.1) is 25.5 Å². The second-order valence-corrected chi connectivity index (χ2v) is 7.40. The molecule has 1 aliphatic heterocycles. The summed E-state index contributed by atoms with van der Waals surface area (Å²) in [6.07, 6.45) is 0. The van der Waals surface area contributed by atoms with Gasteiger partial charge in [0.25, 0.3) is 0 Å². The maximum atomic E-state index is 12.0. The van der Waals surface area contributed by atoms with Crippen LogP contribution < -0.4 is 10.6 Å². The first-order valence-corrected chi connectivity index (χ1v) is 9.97. The lowest BCUT2D eigenvalue weighted by Gasteiger charge is -2.29. The van der Waals surface area contributed by atoms with Crippen LogP contribution >= 0.6 is 11.3 Å². The lowest BCUT2D eigenvalue weighted by molar-refractivity contribution is 0.100. The first-order chi connectivity index (χ1) is 13.7. The fraction of sp³-hybridized carbons (Fsp3) is 0.238. The van der Waals surface area contributed by atoms with E-state index in [2.05, 4.69) is 4.90 Å². The molecule has 144 valence electrons. The third-order valence-corrected chi connectivity index (χ3v) is 5.72. The second kappa shape index (κ2) is 8.10. The summed E-state index contributed by atoms with van der Waals surface area (Å²) >= 11 is 1.46. The van der Waals surface area contributed by atoms with Gasteiger partial charge >= 0.3 is 0 Å². The summed E-state index contributed by atoms with van der Waals surface area (Å²) in [4.78, 5) is 19.0. The maximum absolute atomic E-state index is 12.0. The molecule has 1 fully saturated rings. The van der Waals surface area contributed by atoms with Crippen LogP contribution in [0.25, 0.3) is 21.8 Å². The molecule has 0 spiro atoms. The van der Waals surface area contributed by atoms with E-state index in [-0.39, 0.29) is 6.61 Å². The molecule has 2 heterocycles. The standard InChI is InChI=1S/C21H21N3O3S/c22-20(26)17-6-5-15(24-7-9-27-10-8-24)11-18(17)21-23-19(13-28-21)16-4-2-1-3-14(16)12-25/h1-6,11,13,25H,7-10,12H2,(H2,22,26). The van der Waals surface area contributed by atoms with Crippen molar-refractivity contribution in [3.05, 3.63) is 59.0 Å². The molecule has 1 aliphatic rings. The van der Waals surface area contributed by atoms with E-state index in [0.717, 1.165) is 46.2 Å². The highest BCUT2D eigenvalue weighted by atomic mass is 32.1. The monoisotopic (exact) mass is 395 g/mol. The highest BCUT2D eigenvalue weighted by Crippen LogP contribution is 2.34. The summed E-state index contributed by atoms with van der Waals surface area (Å²) in [6, 6.07) is 13.3. The summed E-state index contributed by atoms with van der Waals surface area (Å²) in [6.45, 7) is 2.94. The number of nitrogens with zero attached hydrogens (tertiary/aromatic N) is 2. The number of aromatic nitrogens is 1. The summed E-state index contributed by atoms with van der Waals surface area (Å²) < 4.78 is 5.43. The highest BCUT2D eigenvalue weighted by Gasteiger charge is 2.18. The number of benzene rings is 2. The largest absolute Gasteiger partial charge is 0.392 e. The Morgan fingerprint density at radius 2 is 1.96 bits per heavy atom.